The average molecular weight is 440 g/mol. The van der Waals surface area contributed by atoms with E-state index in [9.17, 15) is 14.4 Å². The van der Waals surface area contributed by atoms with Crippen molar-refractivity contribution in [3.05, 3.63) is 70.0 Å². The Kier molecular flexibility index (Phi) is 7.46. The van der Waals surface area contributed by atoms with Crippen LogP contribution in [0.5, 0.6) is 0 Å². The first-order valence-corrected chi connectivity index (χ1v) is 10.9. The molecule has 8 heteroatoms. The van der Waals surface area contributed by atoms with Crippen LogP contribution in [-0.4, -0.2) is 40.3 Å². The highest BCUT2D eigenvalue weighted by molar-refractivity contribution is 8.00. The number of nitrogens with zero attached hydrogens (tertiary/aromatic N) is 2. The van der Waals surface area contributed by atoms with Gasteiger partial charge in [-0.15, -0.1) is 0 Å². The quantitative estimate of drug-likeness (QED) is 0.329. The molecule has 31 heavy (non-hydrogen) atoms. The van der Waals surface area contributed by atoms with E-state index in [0.717, 1.165) is 12.0 Å². The summed E-state index contributed by atoms with van der Waals surface area (Å²) in [7, 11) is 1.30. The number of hydrogen-bond donors (Lipinski definition) is 1. The Morgan fingerprint density at radius 2 is 1.94 bits per heavy atom. The topological polar surface area (TPSA) is 90.3 Å². The Balaban J connectivity index is 2.08. The Morgan fingerprint density at radius 1 is 1.19 bits per heavy atom. The normalized spacial score (nSPS) is 11.8. The van der Waals surface area contributed by atoms with Gasteiger partial charge in [-0.2, -0.15) is 0 Å². The van der Waals surface area contributed by atoms with E-state index in [1.807, 2.05) is 37.3 Å². The minimum atomic E-state index is -0.501. The molecule has 0 aliphatic carbocycles. The van der Waals surface area contributed by atoms with E-state index in [4.69, 9.17) is 4.74 Å². The number of methoxy groups -OCH3 is 1. The van der Waals surface area contributed by atoms with Gasteiger partial charge in [-0.05, 0) is 37.1 Å². The first-order valence-electron chi connectivity index (χ1n) is 10.1. The molecule has 1 aromatic heterocycles. The van der Waals surface area contributed by atoms with Crippen LogP contribution in [0.15, 0.2) is 58.5 Å². The minimum Gasteiger partial charge on any atom is -0.465 e. The molecular formula is C23H25N3O4S. The molecule has 0 radical (unpaired) electrons. The van der Waals surface area contributed by atoms with Crippen LogP contribution in [0.3, 0.4) is 0 Å². The molecular weight excluding hydrogens is 414 g/mol. The van der Waals surface area contributed by atoms with Crippen molar-refractivity contribution in [1.82, 2.24) is 14.9 Å². The number of thioether (sulfide) groups is 1. The van der Waals surface area contributed by atoms with Gasteiger partial charge in [0.2, 0.25) is 5.91 Å². The average Bonchev–Trinajstić information content (AvgIpc) is 2.79. The lowest BCUT2D eigenvalue weighted by Gasteiger charge is -2.16. The van der Waals surface area contributed by atoms with Gasteiger partial charge >= 0.3 is 5.97 Å². The molecule has 7 nitrogen and oxygen atoms in total. The summed E-state index contributed by atoms with van der Waals surface area (Å²) in [4.78, 5) is 42.3. The molecule has 1 N–H and O–H groups in total. The van der Waals surface area contributed by atoms with Gasteiger partial charge in [-0.25, -0.2) is 9.78 Å². The van der Waals surface area contributed by atoms with Gasteiger partial charge in [-0.1, -0.05) is 49.0 Å². The second-order valence-electron chi connectivity index (χ2n) is 7.05. The highest BCUT2D eigenvalue weighted by Crippen LogP contribution is 2.24. The van der Waals surface area contributed by atoms with Gasteiger partial charge in [0, 0.05) is 6.54 Å². The van der Waals surface area contributed by atoms with Crippen LogP contribution in [0.25, 0.3) is 10.9 Å². The molecule has 1 unspecified atom stereocenters. The SMILES string of the molecule is CCCNC(=O)C(C)Sc1nc2cc(C(=O)OC)ccc2c(=O)n1Cc1ccccc1. The Morgan fingerprint density at radius 3 is 2.61 bits per heavy atom. The van der Waals surface area contributed by atoms with E-state index in [1.165, 1.54) is 18.9 Å². The number of ether oxygens (including phenoxy) is 1. The summed E-state index contributed by atoms with van der Waals surface area (Å²) in [5.74, 6) is -0.616. The number of nitrogens with one attached hydrogen (secondary N) is 1. The fourth-order valence-corrected chi connectivity index (χ4v) is 3.98. The predicted octanol–water partition coefficient (Wildman–Crippen LogP) is 3.24. The summed E-state index contributed by atoms with van der Waals surface area (Å²) in [6.45, 7) is 4.68. The van der Waals surface area contributed by atoms with E-state index < -0.39 is 11.2 Å². The van der Waals surface area contributed by atoms with Crippen molar-refractivity contribution in [2.75, 3.05) is 13.7 Å². The third-order valence-electron chi connectivity index (χ3n) is 4.73. The van der Waals surface area contributed by atoms with Crippen molar-refractivity contribution in [2.24, 2.45) is 0 Å². The highest BCUT2D eigenvalue weighted by atomic mass is 32.2. The third kappa shape index (κ3) is 5.32. The number of aromatic nitrogens is 2. The van der Waals surface area contributed by atoms with Gasteiger partial charge in [0.15, 0.2) is 5.16 Å². The molecule has 0 spiro atoms. The molecule has 0 fully saturated rings. The maximum Gasteiger partial charge on any atom is 0.337 e. The minimum absolute atomic E-state index is 0.115. The van der Waals surface area contributed by atoms with Crippen molar-refractivity contribution >= 4 is 34.5 Å². The smallest absolute Gasteiger partial charge is 0.337 e. The number of rotatable bonds is 8. The van der Waals surface area contributed by atoms with Gasteiger partial charge in [0.25, 0.3) is 5.56 Å². The third-order valence-corrected chi connectivity index (χ3v) is 5.82. The monoisotopic (exact) mass is 439 g/mol. The summed E-state index contributed by atoms with van der Waals surface area (Å²) in [6.07, 6.45) is 0.840. The lowest BCUT2D eigenvalue weighted by atomic mass is 10.1. The van der Waals surface area contributed by atoms with Gasteiger partial charge in [0.05, 0.1) is 35.4 Å². The van der Waals surface area contributed by atoms with Crippen LogP contribution in [-0.2, 0) is 16.1 Å². The van der Waals surface area contributed by atoms with Crippen LogP contribution >= 0.6 is 11.8 Å². The number of carbonyl (C=O) groups excluding carboxylic acids is 2. The Labute approximate surface area is 184 Å². The summed E-state index contributed by atoms with van der Waals surface area (Å²) in [5, 5.41) is 3.24. The molecule has 0 bridgehead atoms. The van der Waals surface area contributed by atoms with Crippen molar-refractivity contribution in [3.63, 3.8) is 0 Å². The zero-order valence-electron chi connectivity index (χ0n) is 17.8. The lowest BCUT2D eigenvalue weighted by molar-refractivity contribution is -0.120. The number of benzene rings is 2. The molecule has 2 aromatic carbocycles. The second kappa shape index (κ2) is 10.3. The molecule has 1 atom stereocenters. The summed E-state index contributed by atoms with van der Waals surface area (Å²) < 4.78 is 6.35. The van der Waals surface area contributed by atoms with Gasteiger partial charge in [0.1, 0.15) is 0 Å². The predicted molar refractivity (Wildman–Crippen MR) is 122 cm³/mol. The second-order valence-corrected chi connectivity index (χ2v) is 8.35. The zero-order chi connectivity index (χ0) is 22.4. The molecule has 1 amide bonds. The van der Waals surface area contributed by atoms with Crippen LogP contribution < -0.4 is 10.9 Å². The van der Waals surface area contributed by atoms with E-state index in [0.29, 0.717) is 34.7 Å². The Bertz CT molecular complexity index is 1140. The largest absolute Gasteiger partial charge is 0.465 e. The zero-order valence-corrected chi connectivity index (χ0v) is 18.6. The number of fused-ring (bicyclic) bond motifs is 1. The molecule has 3 rings (SSSR count). The van der Waals surface area contributed by atoms with E-state index in [2.05, 4.69) is 10.3 Å². The highest BCUT2D eigenvalue weighted by Gasteiger charge is 2.20. The number of amides is 1. The van der Waals surface area contributed by atoms with E-state index >= 15 is 0 Å². The molecule has 0 aliphatic heterocycles. The molecule has 0 saturated heterocycles. The van der Waals surface area contributed by atoms with Crippen LogP contribution in [0.2, 0.25) is 0 Å². The first kappa shape index (κ1) is 22.6. The fourth-order valence-electron chi connectivity index (χ4n) is 3.04. The number of esters is 1. The van der Waals surface area contributed by atoms with E-state index in [-0.39, 0.29) is 11.5 Å². The molecule has 162 valence electrons. The summed E-state index contributed by atoms with van der Waals surface area (Å²) in [6, 6.07) is 14.3. The Hall–Kier alpha value is -3.13. The maximum atomic E-state index is 13.3. The summed E-state index contributed by atoms with van der Waals surface area (Å²) >= 11 is 1.22. The van der Waals surface area contributed by atoms with Crippen molar-refractivity contribution in [1.29, 1.82) is 0 Å². The lowest BCUT2D eigenvalue weighted by Crippen LogP contribution is -2.32. The van der Waals surface area contributed by atoms with Crippen molar-refractivity contribution in [2.45, 2.75) is 37.2 Å². The van der Waals surface area contributed by atoms with Gasteiger partial charge < -0.3 is 10.1 Å². The fraction of sp³-hybridized carbons (Fsp3) is 0.304. The molecule has 3 aromatic rings. The molecule has 0 aliphatic rings. The van der Waals surface area contributed by atoms with Crippen LogP contribution in [0.4, 0.5) is 0 Å². The van der Waals surface area contributed by atoms with E-state index in [1.54, 1.807) is 29.7 Å². The van der Waals surface area contributed by atoms with Crippen molar-refractivity contribution < 1.29 is 14.3 Å². The molecule has 1 heterocycles. The van der Waals surface area contributed by atoms with Crippen LogP contribution in [0, 0.1) is 0 Å². The standard InChI is InChI=1S/C23H25N3O4S/c1-4-12-24-20(27)15(2)31-23-25-19-13-17(22(29)30-3)10-11-18(19)21(28)26(23)14-16-8-6-5-7-9-16/h5-11,13,15H,4,12,14H2,1-3H3,(H,24,27). The number of carbonyl (C=O) groups is 2. The summed E-state index contributed by atoms with van der Waals surface area (Å²) in [5.41, 5.74) is 1.42. The van der Waals surface area contributed by atoms with Crippen molar-refractivity contribution in [3.8, 4) is 0 Å². The maximum absolute atomic E-state index is 13.3. The number of hydrogen-bond acceptors (Lipinski definition) is 6. The van der Waals surface area contributed by atoms with Gasteiger partial charge in [-0.3, -0.25) is 14.2 Å². The first-order chi connectivity index (χ1) is 14.9. The molecule has 0 saturated carbocycles. The van der Waals surface area contributed by atoms with Crippen LogP contribution in [0.1, 0.15) is 36.2 Å².